The highest BCUT2D eigenvalue weighted by molar-refractivity contribution is 5.39. The number of hydrogen-bond donors (Lipinski definition) is 3. The number of phenols is 1. The van der Waals surface area contributed by atoms with Gasteiger partial charge in [-0.3, -0.25) is 0 Å². The Morgan fingerprint density at radius 3 is 2.52 bits per heavy atom. The topological polar surface area (TPSA) is 61.7 Å². The largest absolute Gasteiger partial charge is 0.508 e. The Bertz CT molecular complexity index is 644. The molecule has 124 valence electrons. The Labute approximate surface area is 133 Å². The zero-order chi connectivity index (χ0) is 16.8. The molecular formula is C17H19F2NO3. The van der Waals surface area contributed by atoms with E-state index in [0.29, 0.717) is 17.9 Å². The molecule has 1 unspecified atom stereocenters. The molecule has 6 heteroatoms. The van der Waals surface area contributed by atoms with E-state index < -0.39 is 17.7 Å². The zero-order valence-corrected chi connectivity index (χ0v) is 12.7. The molecule has 0 aromatic heterocycles. The zero-order valence-electron chi connectivity index (χ0n) is 12.7. The van der Waals surface area contributed by atoms with Crippen LogP contribution < -0.4 is 10.1 Å². The smallest absolute Gasteiger partial charge is 0.131 e. The number of phenolic OH excluding ortho intramolecular Hbond substituents is 1. The molecule has 0 aliphatic heterocycles. The fraction of sp³-hybridized carbons (Fsp3) is 0.294. The lowest BCUT2D eigenvalue weighted by molar-refractivity contribution is 0.164. The van der Waals surface area contributed by atoms with E-state index in [1.807, 2.05) is 6.92 Å². The molecule has 0 bridgehead atoms. The van der Waals surface area contributed by atoms with Gasteiger partial charge in [0.2, 0.25) is 0 Å². The van der Waals surface area contributed by atoms with E-state index in [2.05, 4.69) is 5.32 Å². The third-order valence-electron chi connectivity index (χ3n) is 3.35. The van der Waals surface area contributed by atoms with Crippen LogP contribution in [-0.4, -0.2) is 23.4 Å². The summed E-state index contributed by atoms with van der Waals surface area (Å²) in [5.74, 6) is -0.892. The highest BCUT2D eigenvalue weighted by Gasteiger charge is 2.17. The summed E-state index contributed by atoms with van der Waals surface area (Å²) < 4.78 is 32.5. The first-order valence-electron chi connectivity index (χ1n) is 7.30. The van der Waals surface area contributed by atoms with Gasteiger partial charge in [0.05, 0.1) is 18.3 Å². The predicted octanol–water partition coefficient (Wildman–Crippen LogP) is 2.89. The molecule has 2 rings (SSSR count). The first-order chi connectivity index (χ1) is 11.0. The number of aliphatic hydroxyl groups excluding tert-OH is 1. The van der Waals surface area contributed by atoms with Crippen molar-refractivity contribution < 1.29 is 23.7 Å². The van der Waals surface area contributed by atoms with Crippen molar-refractivity contribution in [3.8, 4) is 11.5 Å². The number of hydrogen-bond acceptors (Lipinski definition) is 4. The second-order valence-corrected chi connectivity index (χ2v) is 5.01. The Kier molecular flexibility index (Phi) is 5.90. The van der Waals surface area contributed by atoms with Crippen molar-refractivity contribution in [1.82, 2.24) is 5.32 Å². The van der Waals surface area contributed by atoms with Crippen molar-refractivity contribution in [2.75, 3.05) is 13.2 Å². The van der Waals surface area contributed by atoms with Crippen molar-refractivity contribution >= 4 is 0 Å². The van der Waals surface area contributed by atoms with Crippen molar-refractivity contribution in [2.45, 2.75) is 19.6 Å². The molecular weight excluding hydrogens is 304 g/mol. The highest BCUT2D eigenvalue weighted by Crippen LogP contribution is 2.24. The average Bonchev–Trinajstić information content (AvgIpc) is 2.50. The summed E-state index contributed by atoms with van der Waals surface area (Å²) in [6, 6.07) is 8.26. The number of rotatable bonds is 7. The highest BCUT2D eigenvalue weighted by atomic mass is 19.1. The fourth-order valence-corrected chi connectivity index (χ4v) is 2.23. The lowest BCUT2D eigenvalue weighted by atomic mass is 10.1. The van der Waals surface area contributed by atoms with Crippen LogP contribution in [0.4, 0.5) is 8.78 Å². The van der Waals surface area contributed by atoms with Gasteiger partial charge in [-0.15, -0.1) is 0 Å². The molecule has 4 nitrogen and oxygen atoms in total. The first-order valence-corrected chi connectivity index (χ1v) is 7.30. The molecule has 1 atom stereocenters. The predicted molar refractivity (Wildman–Crippen MR) is 82.3 cm³/mol. The molecule has 0 saturated heterocycles. The molecule has 0 saturated carbocycles. The van der Waals surface area contributed by atoms with Crippen molar-refractivity contribution in [1.29, 1.82) is 0 Å². The number of benzene rings is 2. The number of nitrogens with one attached hydrogen (secondary N) is 1. The third kappa shape index (κ3) is 4.40. The summed E-state index contributed by atoms with van der Waals surface area (Å²) in [6.07, 6.45) is -1.33. The van der Waals surface area contributed by atoms with Crippen molar-refractivity contribution in [3.05, 3.63) is 59.2 Å². The normalized spacial score (nSPS) is 12.2. The standard InChI is InChI=1S/C17H19F2NO3/c1-2-23-12-6-7-15(21)11(8-12)9-20-10-16(22)17-13(18)4-3-5-14(17)19/h3-8,16,20-22H,2,9-10H2,1H3. The van der Waals surface area contributed by atoms with Gasteiger partial charge in [-0.2, -0.15) is 0 Å². The van der Waals surface area contributed by atoms with Crippen LogP contribution in [0.1, 0.15) is 24.2 Å². The van der Waals surface area contributed by atoms with E-state index in [-0.39, 0.29) is 24.4 Å². The van der Waals surface area contributed by atoms with Crippen LogP contribution in [0.3, 0.4) is 0 Å². The minimum absolute atomic E-state index is 0.0594. The van der Waals surface area contributed by atoms with E-state index in [0.717, 1.165) is 12.1 Å². The molecule has 2 aromatic rings. The molecule has 3 N–H and O–H groups in total. The monoisotopic (exact) mass is 323 g/mol. The quantitative estimate of drug-likeness (QED) is 0.733. The molecule has 0 fully saturated rings. The van der Waals surface area contributed by atoms with Crippen LogP contribution in [-0.2, 0) is 6.54 Å². The van der Waals surface area contributed by atoms with Crippen molar-refractivity contribution in [3.63, 3.8) is 0 Å². The second-order valence-electron chi connectivity index (χ2n) is 5.01. The third-order valence-corrected chi connectivity index (χ3v) is 3.35. The summed E-state index contributed by atoms with van der Waals surface area (Å²) in [7, 11) is 0. The van der Waals surface area contributed by atoms with E-state index in [1.165, 1.54) is 12.1 Å². The minimum atomic E-state index is -1.33. The van der Waals surface area contributed by atoms with Crippen LogP contribution >= 0.6 is 0 Å². The Morgan fingerprint density at radius 2 is 1.87 bits per heavy atom. The Balaban J connectivity index is 1.98. The average molecular weight is 323 g/mol. The van der Waals surface area contributed by atoms with Crippen LogP contribution in [0, 0.1) is 11.6 Å². The van der Waals surface area contributed by atoms with E-state index >= 15 is 0 Å². The van der Waals surface area contributed by atoms with Crippen molar-refractivity contribution in [2.24, 2.45) is 0 Å². The summed E-state index contributed by atoms with van der Waals surface area (Å²) in [6.45, 7) is 2.52. The van der Waals surface area contributed by atoms with Crippen LogP contribution in [0.2, 0.25) is 0 Å². The Morgan fingerprint density at radius 1 is 1.17 bits per heavy atom. The van der Waals surface area contributed by atoms with Crippen LogP contribution in [0.15, 0.2) is 36.4 Å². The van der Waals surface area contributed by atoms with E-state index in [9.17, 15) is 19.0 Å². The second kappa shape index (κ2) is 7.89. The molecule has 0 aliphatic carbocycles. The SMILES string of the molecule is CCOc1ccc(O)c(CNCC(O)c2c(F)cccc2F)c1. The maximum atomic E-state index is 13.6. The summed E-state index contributed by atoms with van der Waals surface area (Å²) in [4.78, 5) is 0. The molecule has 0 amide bonds. The molecule has 0 aliphatic rings. The number of halogens is 2. The van der Waals surface area contributed by atoms with Crippen LogP contribution in [0.25, 0.3) is 0 Å². The number of ether oxygens (including phenoxy) is 1. The summed E-state index contributed by atoms with van der Waals surface area (Å²) >= 11 is 0. The first kappa shape index (κ1) is 17.2. The fourth-order valence-electron chi connectivity index (χ4n) is 2.23. The maximum Gasteiger partial charge on any atom is 0.131 e. The van der Waals surface area contributed by atoms with Gasteiger partial charge in [-0.05, 0) is 37.3 Å². The van der Waals surface area contributed by atoms with Crippen LogP contribution in [0.5, 0.6) is 11.5 Å². The van der Waals surface area contributed by atoms with E-state index in [4.69, 9.17) is 4.74 Å². The summed E-state index contributed by atoms with van der Waals surface area (Å²) in [5.41, 5.74) is 0.199. The molecule has 0 radical (unpaired) electrons. The molecule has 0 spiro atoms. The summed E-state index contributed by atoms with van der Waals surface area (Å²) in [5, 5.41) is 22.6. The van der Waals surface area contributed by atoms with Gasteiger partial charge in [0.25, 0.3) is 0 Å². The van der Waals surface area contributed by atoms with Gasteiger partial charge >= 0.3 is 0 Å². The lowest BCUT2D eigenvalue weighted by Gasteiger charge is -2.14. The van der Waals surface area contributed by atoms with Gasteiger partial charge < -0.3 is 20.3 Å². The molecule has 2 aromatic carbocycles. The molecule has 0 heterocycles. The minimum Gasteiger partial charge on any atom is -0.508 e. The maximum absolute atomic E-state index is 13.6. The van der Waals surface area contributed by atoms with Gasteiger partial charge in [0.15, 0.2) is 0 Å². The number of aliphatic hydroxyl groups is 1. The lowest BCUT2D eigenvalue weighted by Crippen LogP contribution is -2.22. The number of aromatic hydroxyl groups is 1. The van der Waals surface area contributed by atoms with Gasteiger partial charge in [-0.1, -0.05) is 6.07 Å². The molecule has 23 heavy (non-hydrogen) atoms. The van der Waals surface area contributed by atoms with Gasteiger partial charge in [0.1, 0.15) is 23.1 Å². The van der Waals surface area contributed by atoms with Gasteiger partial charge in [0, 0.05) is 18.7 Å². The van der Waals surface area contributed by atoms with Gasteiger partial charge in [-0.25, -0.2) is 8.78 Å². The van der Waals surface area contributed by atoms with E-state index in [1.54, 1.807) is 12.1 Å². The Hall–Kier alpha value is -2.18.